The fraction of sp³-hybridized carbons (Fsp3) is 0.560. The number of ether oxygens (including phenoxy) is 1. The van der Waals surface area contributed by atoms with E-state index in [1.807, 2.05) is 38.8 Å². The van der Waals surface area contributed by atoms with Gasteiger partial charge in [-0.25, -0.2) is 4.79 Å². The Balaban J connectivity index is 1.37. The van der Waals surface area contributed by atoms with Gasteiger partial charge in [0, 0.05) is 44.9 Å². The Morgan fingerprint density at radius 3 is 2.49 bits per heavy atom. The molecule has 2 fully saturated rings. The Hall–Kier alpha value is -3.43. The minimum Gasteiger partial charge on any atom is -0.460 e. The highest BCUT2D eigenvalue weighted by Crippen LogP contribution is 2.33. The molecule has 3 heterocycles. The number of likely N-dealkylation sites (tertiary alicyclic amines) is 1. The molecule has 1 N–H and O–H groups in total. The van der Waals surface area contributed by atoms with Crippen LogP contribution in [0.15, 0.2) is 18.2 Å². The summed E-state index contributed by atoms with van der Waals surface area (Å²) in [5.74, 6) is 0.217. The third-order valence-electron chi connectivity index (χ3n) is 6.45. The monoisotopic (exact) mass is 483 g/mol. The number of nitrogens with one attached hydrogen (secondary N) is 1. The fourth-order valence-electron chi connectivity index (χ4n) is 4.70. The normalized spacial score (nSPS) is 17.6. The first-order valence-corrected chi connectivity index (χ1v) is 12.1. The zero-order valence-electron chi connectivity index (χ0n) is 20.8. The predicted molar refractivity (Wildman–Crippen MR) is 130 cm³/mol. The second kappa shape index (κ2) is 9.67. The van der Waals surface area contributed by atoms with Gasteiger partial charge in [0.2, 0.25) is 11.8 Å². The van der Waals surface area contributed by atoms with Crippen molar-refractivity contribution in [2.45, 2.75) is 64.4 Å². The summed E-state index contributed by atoms with van der Waals surface area (Å²) in [4.78, 5) is 51.6. The van der Waals surface area contributed by atoms with E-state index in [0.717, 1.165) is 23.7 Å². The van der Waals surface area contributed by atoms with Crippen LogP contribution in [0.2, 0.25) is 0 Å². The highest BCUT2D eigenvalue weighted by Gasteiger charge is 2.29. The maximum atomic E-state index is 12.6. The smallest absolute Gasteiger partial charge is 0.329 e. The van der Waals surface area contributed by atoms with Gasteiger partial charge in [-0.05, 0) is 57.2 Å². The number of aryl methyl sites for hydroxylation is 1. The molecule has 10 heteroatoms. The molecule has 10 nitrogen and oxygen atoms in total. The number of hydrogen-bond donors (Lipinski definition) is 1. The first-order chi connectivity index (χ1) is 16.5. The molecule has 0 unspecified atom stereocenters. The number of nitrogens with zero attached hydrogens (tertiary/aromatic N) is 4. The van der Waals surface area contributed by atoms with Gasteiger partial charge in [-0.1, -0.05) is 6.07 Å². The summed E-state index contributed by atoms with van der Waals surface area (Å²) in [5, 5.41) is 7.75. The second-order valence-electron chi connectivity index (χ2n) is 10.2. The first kappa shape index (κ1) is 24.7. The third-order valence-corrected chi connectivity index (χ3v) is 6.45. The van der Waals surface area contributed by atoms with Gasteiger partial charge >= 0.3 is 12.0 Å². The van der Waals surface area contributed by atoms with Gasteiger partial charge in [0.1, 0.15) is 5.60 Å². The van der Waals surface area contributed by atoms with Crippen LogP contribution in [0.3, 0.4) is 0 Å². The van der Waals surface area contributed by atoms with Crippen LogP contribution >= 0.6 is 0 Å². The van der Waals surface area contributed by atoms with Crippen LogP contribution in [0, 0.1) is 0 Å². The molecule has 4 amide bonds. The zero-order chi connectivity index (χ0) is 25.3. The van der Waals surface area contributed by atoms with Crippen LogP contribution in [0.1, 0.15) is 64.4 Å². The average molecular weight is 484 g/mol. The number of carbonyl (C=O) groups excluding carboxylic acids is 4. The van der Waals surface area contributed by atoms with E-state index >= 15 is 0 Å². The molecule has 35 heavy (non-hydrogen) atoms. The van der Waals surface area contributed by atoms with Crippen molar-refractivity contribution in [2.24, 2.45) is 7.05 Å². The molecule has 1 aromatic carbocycles. The molecule has 2 aliphatic rings. The molecule has 0 spiro atoms. The van der Waals surface area contributed by atoms with Crippen molar-refractivity contribution in [1.82, 2.24) is 20.0 Å². The van der Waals surface area contributed by atoms with Crippen molar-refractivity contribution in [1.29, 1.82) is 0 Å². The van der Waals surface area contributed by atoms with Crippen molar-refractivity contribution < 1.29 is 23.9 Å². The molecule has 0 aliphatic carbocycles. The molecule has 2 aromatic rings. The van der Waals surface area contributed by atoms with Gasteiger partial charge in [0.05, 0.1) is 11.9 Å². The maximum Gasteiger partial charge on any atom is 0.329 e. The summed E-state index contributed by atoms with van der Waals surface area (Å²) in [6, 6.07) is 5.69. The molecule has 2 aliphatic heterocycles. The highest BCUT2D eigenvalue weighted by atomic mass is 16.6. The van der Waals surface area contributed by atoms with Gasteiger partial charge in [0.25, 0.3) is 0 Å². The molecule has 4 rings (SSSR count). The number of fused-ring (bicyclic) bond motifs is 1. The molecule has 0 bridgehead atoms. The summed E-state index contributed by atoms with van der Waals surface area (Å²) in [6.07, 6.45) is 2.19. The lowest BCUT2D eigenvalue weighted by Gasteiger charge is -2.32. The molecular formula is C25H33N5O5. The lowest BCUT2D eigenvalue weighted by Crippen LogP contribution is -2.49. The van der Waals surface area contributed by atoms with E-state index < -0.39 is 11.6 Å². The number of amides is 4. The van der Waals surface area contributed by atoms with Crippen molar-refractivity contribution >= 4 is 40.5 Å². The Morgan fingerprint density at radius 2 is 1.83 bits per heavy atom. The molecule has 0 atom stereocenters. The average Bonchev–Trinajstić information content (AvgIpc) is 3.12. The quantitative estimate of drug-likeness (QED) is 0.654. The molecule has 0 saturated carbocycles. The molecular weight excluding hydrogens is 450 g/mol. The highest BCUT2D eigenvalue weighted by molar-refractivity contribution is 6.08. The largest absolute Gasteiger partial charge is 0.460 e. The van der Waals surface area contributed by atoms with E-state index in [4.69, 9.17) is 4.74 Å². The number of anilines is 1. The van der Waals surface area contributed by atoms with Crippen LogP contribution in [-0.4, -0.2) is 63.7 Å². The van der Waals surface area contributed by atoms with Crippen molar-refractivity contribution in [3.63, 3.8) is 0 Å². The van der Waals surface area contributed by atoms with Gasteiger partial charge in [-0.3, -0.25) is 29.3 Å². The minimum absolute atomic E-state index is 0.0145. The maximum absolute atomic E-state index is 12.6. The topological polar surface area (TPSA) is 114 Å². The summed E-state index contributed by atoms with van der Waals surface area (Å²) >= 11 is 0. The van der Waals surface area contributed by atoms with Crippen LogP contribution in [0.5, 0.6) is 0 Å². The standard InChI is InChI=1S/C25H33N5O5/c1-25(2,3)35-22(33)8-7-21(32)29-12-9-16(10-13-29)17-5-6-18-19(15-17)28(4)27-23(18)30-14-11-20(31)26-24(30)34/h5-6,15-16H,7-14H2,1-4H3,(H,26,31,34). The number of rotatable bonds is 5. The number of urea groups is 1. The Labute approximate surface area is 204 Å². The first-order valence-electron chi connectivity index (χ1n) is 12.1. The van der Waals surface area contributed by atoms with Crippen molar-refractivity contribution in [3.05, 3.63) is 23.8 Å². The number of hydrogen-bond acceptors (Lipinski definition) is 6. The number of aromatic nitrogens is 2. The Kier molecular flexibility index (Phi) is 6.82. The SMILES string of the molecule is Cn1nc(N2CCC(=O)NC2=O)c2ccc(C3CCN(C(=O)CCC(=O)OC(C)(C)C)CC3)cc21. The Bertz CT molecular complexity index is 1160. The summed E-state index contributed by atoms with van der Waals surface area (Å²) in [6.45, 7) is 7.04. The summed E-state index contributed by atoms with van der Waals surface area (Å²) < 4.78 is 7.05. The summed E-state index contributed by atoms with van der Waals surface area (Å²) in [5.41, 5.74) is 1.54. The lowest BCUT2D eigenvalue weighted by atomic mass is 9.89. The zero-order valence-corrected chi connectivity index (χ0v) is 20.8. The number of carbonyl (C=O) groups is 4. The van der Waals surface area contributed by atoms with E-state index in [1.54, 1.807) is 4.68 Å². The van der Waals surface area contributed by atoms with E-state index in [1.165, 1.54) is 10.5 Å². The number of imide groups is 1. The van der Waals surface area contributed by atoms with E-state index in [9.17, 15) is 19.2 Å². The predicted octanol–water partition coefficient (Wildman–Crippen LogP) is 2.85. The number of benzene rings is 1. The third kappa shape index (κ3) is 5.63. The van der Waals surface area contributed by atoms with Gasteiger partial charge in [0.15, 0.2) is 5.82 Å². The van der Waals surface area contributed by atoms with Crippen LogP contribution in [-0.2, 0) is 26.2 Å². The van der Waals surface area contributed by atoms with Crippen molar-refractivity contribution in [2.75, 3.05) is 24.5 Å². The van der Waals surface area contributed by atoms with Gasteiger partial charge < -0.3 is 9.64 Å². The molecule has 2 saturated heterocycles. The lowest BCUT2D eigenvalue weighted by molar-refractivity contribution is -0.156. The minimum atomic E-state index is -0.548. The molecule has 188 valence electrons. The van der Waals surface area contributed by atoms with E-state index in [0.29, 0.717) is 31.4 Å². The van der Waals surface area contributed by atoms with Crippen molar-refractivity contribution in [3.8, 4) is 0 Å². The Morgan fingerprint density at radius 1 is 1.11 bits per heavy atom. The van der Waals surface area contributed by atoms with E-state index in [2.05, 4.69) is 22.5 Å². The number of esters is 1. The summed E-state index contributed by atoms with van der Waals surface area (Å²) in [7, 11) is 1.84. The molecule has 0 radical (unpaired) electrons. The van der Waals surface area contributed by atoms with Crippen LogP contribution in [0.25, 0.3) is 10.9 Å². The second-order valence-corrected chi connectivity index (χ2v) is 10.2. The van der Waals surface area contributed by atoms with E-state index in [-0.39, 0.29) is 37.0 Å². The fourth-order valence-corrected chi connectivity index (χ4v) is 4.70. The number of piperidine rings is 1. The van der Waals surface area contributed by atoms with Gasteiger partial charge in [-0.15, -0.1) is 0 Å². The van der Waals surface area contributed by atoms with Crippen LogP contribution < -0.4 is 10.2 Å². The van der Waals surface area contributed by atoms with Crippen LogP contribution in [0.4, 0.5) is 10.6 Å². The molecule has 1 aromatic heterocycles. The van der Waals surface area contributed by atoms with Gasteiger partial charge in [-0.2, -0.15) is 5.10 Å².